The fourth-order valence-electron chi connectivity index (χ4n) is 1.56. The van der Waals surface area contributed by atoms with Crippen LogP contribution in [0.2, 0.25) is 0 Å². The smallest absolute Gasteiger partial charge is 0.243 e. The maximum atomic E-state index is 11.7. The Morgan fingerprint density at radius 2 is 1.19 bits per heavy atom. The number of amides is 2. The van der Waals surface area contributed by atoms with Gasteiger partial charge in [-0.1, -0.05) is 13.2 Å². The first kappa shape index (κ1) is 19.4. The van der Waals surface area contributed by atoms with Crippen molar-refractivity contribution in [2.75, 3.05) is 24.6 Å². The standard InChI is InChI=1S/C14H24N2O4S/c1-3-13(17)15-9-5-7-11-21(19,20)12-8-6-10-16-14(18)4-2/h3-4H,1-2,5-12H2,(H,15,17)(H,16,18). The Hall–Kier alpha value is -1.63. The van der Waals surface area contributed by atoms with E-state index in [1.54, 1.807) is 0 Å². The van der Waals surface area contributed by atoms with Gasteiger partial charge in [0.1, 0.15) is 9.84 Å². The SMILES string of the molecule is C=CC(=O)NCCCCS(=O)(=O)CCCCNC(=O)C=C. The van der Waals surface area contributed by atoms with Crippen molar-refractivity contribution >= 4 is 21.7 Å². The fraction of sp³-hybridized carbons (Fsp3) is 0.571. The number of unbranched alkanes of at least 4 members (excludes halogenated alkanes) is 2. The van der Waals surface area contributed by atoms with Crippen LogP contribution >= 0.6 is 0 Å². The highest BCUT2D eigenvalue weighted by Crippen LogP contribution is 2.01. The van der Waals surface area contributed by atoms with Crippen molar-refractivity contribution in [1.29, 1.82) is 0 Å². The summed E-state index contributed by atoms with van der Waals surface area (Å²) >= 11 is 0. The quantitative estimate of drug-likeness (QED) is 0.406. The van der Waals surface area contributed by atoms with E-state index in [-0.39, 0.29) is 23.3 Å². The molecule has 0 fully saturated rings. The molecule has 7 heteroatoms. The van der Waals surface area contributed by atoms with Gasteiger partial charge in [0.2, 0.25) is 11.8 Å². The topological polar surface area (TPSA) is 92.3 Å². The van der Waals surface area contributed by atoms with E-state index >= 15 is 0 Å². The first-order chi connectivity index (χ1) is 9.91. The molecule has 0 saturated heterocycles. The second-order valence-corrected chi connectivity index (χ2v) is 6.86. The third-order valence-corrected chi connectivity index (χ3v) is 4.55. The van der Waals surface area contributed by atoms with Crippen LogP contribution in [0.15, 0.2) is 25.3 Å². The molecule has 0 atom stereocenters. The highest BCUT2D eigenvalue weighted by Gasteiger charge is 2.10. The molecule has 0 aliphatic heterocycles. The zero-order valence-corrected chi connectivity index (χ0v) is 13.1. The van der Waals surface area contributed by atoms with Crippen LogP contribution in [0.25, 0.3) is 0 Å². The highest BCUT2D eigenvalue weighted by atomic mass is 32.2. The summed E-state index contributed by atoms with van der Waals surface area (Å²) in [6, 6.07) is 0. The average Bonchev–Trinajstić information content (AvgIpc) is 2.45. The lowest BCUT2D eigenvalue weighted by atomic mass is 10.3. The Labute approximate surface area is 126 Å². The first-order valence-electron chi connectivity index (χ1n) is 6.92. The van der Waals surface area contributed by atoms with Crippen molar-refractivity contribution in [2.24, 2.45) is 0 Å². The summed E-state index contributed by atoms with van der Waals surface area (Å²) in [7, 11) is -3.06. The van der Waals surface area contributed by atoms with Crippen LogP contribution in [-0.4, -0.2) is 44.8 Å². The minimum Gasteiger partial charge on any atom is -0.353 e. The molecule has 0 radical (unpaired) electrons. The zero-order chi connectivity index (χ0) is 16.1. The van der Waals surface area contributed by atoms with Gasteiger partial charge in [-0.15, -0.1) is 0 Å². The molecule has 2 N–H and O–H groups in total. The third-order valence-electron chi connectivity index (χ3n) is 2.73. The summed E-state index contributed by atoms with van der Waals surface area (Å²) in [5, 5.41) is 5.19. The molecule has 0 spiro atoms. The molecule has 21 heavy (non-hydrogen) atoms. The van der Waals surface area contributed by atoms with Crippen LogP contribution in [0.3, 0.4) is 0 Å². The van der Waals surface area contributed by atoms with Crippen molar-refractivity contribution in [3.05, 3.63) is 25.3 Å². The van der Waals surface area contributed by atoms with E-state index in [0.29, 0.717) is 38.8 Å². The number of nitrogens with one attached hydrogen (secondary N) is 2. The summed E-state index contributed by atoms with van der Waals surface area (Å²) in [4.78, 5) is 21.7. The molecule has 0 aliphatic rings. The Bertz CT molecular complexity index is 422. The number of carbonyl (C=O) groups excluding carboxylic acids is 2. The van der Waals surface area contributed by atoms with Gasteiger partial charge in [0.05, 0.1) is 11.5 Å². The van der Waals surface area contributed by atoms with Crippen LogP contribution in [0.1, 0.15) is 25.7 Å². The summed E-state index contributed by atoms with van der Waals surface area (Å²) in [5.41, 5.74) is 0. The largest absolute Gasteiger partial charge is 0.353 e. The molecule has 2 amide bonds. The number of hydrogen-bond donors (Lipinski definition) is 2. The van der Waals surface area contributed by atoms with E-state index in [0.717, 1.165) is 0 Å². The van der Waals surface area contributed by atoms with Crippen molar-refractivity contribution < 1.29 is 18.0 Å². The molecule has 0 unspecified atom stereocenters. The number of carbonyl (C=O) groups is 2. The number of hydrogen-bond acceptors (Lipinski definition) is 4. The summed E-state index contributed by atoms with van der Waals surface area (Å²) in [5.74, 6) is -0.259. The van der Waals surface area contributed by atoms with Crippen molar-refractivity contribution in [1.82, 2.24) is 10.6 Å². The molecule has 120 valence electrons. The van der Waals surface area contributed by atoms with Crippen molar-refractivity contribution in [2.45, 2.75) is 25.7 Å². The number of sulfone groups is 1. The first-order valence-corrected chi connectivity index (χ1v) is 8.74. The molecule has 0 aromatic heterocycles. The van der Waals surface area contributed by atoms with E-state index in [1.807, 2.05) is 0 Å². The Kier molecular flexibility index (Phi) is 10.2. The lowest BCUT2D eigenvalue weighted by Crippen LogP contribution is -2.23. The second-order valence-electron chi connectivity index (χ2n) is 4.56. The summed E-state index contributed by atoms with van der Waals surface area (Å²) < 4.78 is 23.5. The lowest BCUT2D eigenvalue weighted by Gasteiger charge is -2.05. The van der Waals surface area contributed by atoms with Crippen molar-refractivity contribution in [3.8, 4) is 0 Å². The third kappa shape index (κ3) is 11.9. The highest BCUT2D eigenvalue weighted by molar-refractivity contribution is 7.91. The lowest BCUT2D eigenvalue weighted by molar-refractivity contribution is -0.117. The van der Waals surface area contributed by atoms with Gasteiger partial charge >= 0.3 is 0 Å². The molecule has 0 aliphatic carbocycles. The molecular formula is C14H24N2O4S. The fourth-order valence-corrected chi connectivity index (χ4v) is 3.06. The minimum absolute atomic E-state index is 0.121. The predicted octanol–water partition coefficient (Wildman–Crippen LogP) is 0.566. The molecule has 0 aromatic rings. The zero-order valence-electron chi connectivity index (χ0n) is 12.3. The van der Waals surface area contributed by atoms with Gasteiger partial charge in [-0.3, -0.25) is 9.59 Å². The van der Waals surface area contributed by atoms with E-state index in [4.69, 9.17) is 0 Å². The van der Waals surface area contributed by atoms with Crippen LogP contribution in [-0.2, 0) is 19.4 Å². The van der Waals surface area contributed by atoms with Crippen LogP contribution in [0.5, 0.6) is 0 Å². The van der Waals surface area contributed by atoms with Gasteiger partial charge in [0.15, 0.2) is 0 Å². The molecule has 0 saturated carbocycles. The molecule has 6 nitrogen and oxygen atoms in total. The number of rotatable bonds is 12. The van der Waals surface area contributed by atoms with Gasteiger partial charge < -0.3 is 10.6 Å². The molecule has 0 heterocycles. The molecule has 0 bridgehead atoms. The maximum Gasteiger partial charge on any atom is 0.243 e. The summed E-state index contributed by atoms with van der Waals surface area (Å²) in [6.07, 6.45) is 4.64. The van der Waals surface area contributed by atoms with E-state index < -0.39 is 9.84 Å². The molecular weight excluding hydrogens is 292 g/mol. The van der Waals surface area contributed by atoms with Crippen molar-refractivity contribution in [3.63, 3.8) is 0 Å². The van der Waals surface area contributed by atoms with Gasteiger partial charge in [-0.05, 0) is 37.8 Å². The maximum absolute atomic E-state index is 11.7. The predicted molar refractivity (Wildman–Crippen MR) is 83.5 cm³/mol. The monoisotopic (exact) mass is 316 g/mol. The molecule has 0 aromatic carbocycles. The minimum atomic E-state index is -3.06. The van der Waals surface area contributed by atoms with Crippen LogP contribution < -0.4 is 10.6 Å². The van der Waals surface area contributed by atoms with Crippen LogP contribution in [0, 0.1) is 0 Å². The van der Waals surface area contributed by atoms with E-state index in [1.165, 1.54) is 12.2 Å². The van der Waals surface area contributed by atoms with Gasteiger partial charge in [0.25, 0.3) is 0 Å². The summed E-state index contributed by atoms with van der Waals surface area (Å²) in [6.45, 7) is 7.55. The average molecular weight is 316 g/mol. The van der Waals surface area contributed by atoms with Crippen LogP contribution in [0.4, 0.5) is 0 Å². The van der Waals surface area contributed by atoms with E-state index in [2.05, 4.69) is 23.8 Å². The van der Waals surface area contributed by atoms with E-state index in [9.17, 15) is 18.0 Å². The Morgan fingerprint density at radius 3 is 1.52 bits per heavy atom. The van der Waals surface area contributed by atoms with Gasteiger partial charge in [-0.25, -0.2) is 8.42 Å². The van der Waals surface area contributed by atoms with Gasteiger partial charge in [-0.2, -0.15) is 0 Å². The Morgan fingerprint density at radius 1 is 0.810 bits per heavy atom. The second kappa shape index (κ2) is 11.1. The molecule has 0 rings (SSSR count). The normalized spacial score (nSPS) is 10.7. The van der Waals surface area contributed by atoms with Gasteiger partial charge in [0, 0.05) is 13.1 Å². The Balaban J connectivity index is 3.65.